The minimum absolute atomic E-state index is 0.0549. The molecule has 0 amide bonds. The van der Waals surface area contributed by atoms with Crippen molar-refractivity contribution in [1.29, 1.82) is 0 Å². The number of halogens is 1. The molecule has 0 aliphatic heterocycles. The van der Waals surface area contributed by atoms with Crippen molar-refractivity contribution in [3.63, 3.8) is 0 Å². The van der Waals surface area contributed by atoms with Gasteiger partial charge in [-0.05, 0) is 42.5 Å². The molecular weight excluding hydrogens is 266 g/mol. The second kappa shape index (κ2) is 6.23. The Hall–Kier alpha value is -1.03. The maximum atomic E-state index is 6.22. The Labute approximate surface area is 116 Å². The van der Waals surface area contributed by atoms with Crippen molar-refractivity contribution in [2.24, 2.45) is 5.73 Å². The van der Waals surface area contributed by atoms with Gasteiger partial charge < -0.3 is 10.5 Å². The molecule has 0 saturated heterocycles. The lowest BCUT2D eigenvalue weighted by atomic mass is 10.0. The molecule has 2 aromatic rings. The van der Waals surface area contributed by atoms with Gasteiger partial charge in [0.1, 0.15) is 5.75 Å². The average Bonchev–Trinajstić information content (AvgIpc) is 2.89. The van der Waals surface area contributed by atoms with Gasteiger partial charge in [-0.15, -0.1) is 11.3 Å². The van der Waals surface area contributed by atoms with Gasteiger partial charge in [0, 0.05) is 21.5 Å². The number of thiophene rings is 1. The Morgan fingerprint density at radius 3 is 2.89 bits per heavy atom. The first-order valence-corrected chi connectivity index (χ1v) is 7.08. The van der Waals surface area contributed by atoms with Crippen LogP contribution in [0.1, 0.15) is 22.9 Å². The number of hydrogen-bond donors (Lipinski definition) is 1. The number of ether oxygens (including phenoxy) is 1. The molecule has 1 aromatic heterocycles. The van der Waals surface area contributed by atoms with Crippen LogP contribution in [0, 0.1) is 0 Å². The second-order valence-corrected chi connectivity index (χ2v) is 5.58. The van der Waals surface area contributed by atoms with Crippen LogP contribution in [0.25, 0.3) is 0 Å². The third-order valence-corrected chi connectivity index (χ3v) is 4.04. The molecule has 0 spiro atoms. The van der Waals surface area contributed by atoms with E-state index in [1.165, 1.54) is 4.88 Å². The summed E-state index contributed by atoms with van der Waals surface area (Å²) in [5.41, 5.74) is 7.20. The Bertz CT molecular complexity index is 499. The summed E-state index contributed by atoms with van der Waals surface area (Å²) in [5, 5.41) is 2.78. The number of rotatable bonds is 5. The first kappa shape index (κ1) is 13.4. The number of aryl methyl sites for hydroxylation is 1. The Balaban J connectivity index is 2.08. The van der Waals surface area contributed by atoms with Gasteiger partial charge in [0.25, 0.3) is 0 Å². The van der Waals surface area contributed by atoms with Crippen LogP contribution in [-0.4, -0.2) is 7.11 Å². The second-order valence-electron chi connectivity index (χ2n) is 4.11. The van der Waals surface area contributed by atoms with Crippen molar-refractivity contribution in [3.05, 3.63) is 51.2 Å². The number of nitrogens with two attached hydrogens (primary N) is 1. The van der Waals surface area contributed by atoms with Crippen molar-refractivity contribution in [1.82, 2.24) is 0 Å². The summed E-state index contributed by atoms with van der Waals surface area (Å²) in [5.74, 6) is 0.804. The minimum Gasteiger partial charge on any atom is -0.496 e. The molecule has 4 heteroatoms. The van der Waals surface area contributed by atoms with Crippen LogP contribution in [0.2, 0.25) is 5.02 Å². The monoisotopic (exact) mass is 281 g/mol. The average molecular weight is 282 g/mol. The van der Waals surface area contributed by atoms with Gasteiger partial charge in [-0.1, -0.05) is 17.7 Å². The van der Waals surface area contributed by atoms with Crippen molar-refractivity contribution >= 4 is 22.9 Å². The van der Waals surface area contributed by atoms with Crippen LogP contribution < -0.4 is 10.5 Å². The van der Waals surface area contributed by atoms with Gasteiger partial charge in [0.2, 0.25) is 0 Å². The molecule has 2 nitrogen and oxygen atoms in total. The van der Waals surface area contributed by atoms with Gasteiger partial charge in [-0.25, -0.2) is 0 Å². The molecule has 1 unspecified atom stereocenters. The summed E-state index contributed by atoms with van der Waals surface area (Å²) in [6.07, 6.45) is 1.87. The number of methoxy groups -OCH3 is 1. The highest BCUT2D eigenvalue weighted by Gasteiger charge is 2.12. The van der Waals surface area contributed by atoms with Crippen LogP contribution in [0.5, 0.6) is 5.75 Å². The summed E-state index contributed by atoms with van der Waals surface area (Å²) < 4.78 is 5.32. The molecular formula is C14H16ClNOS. The molecule has 0 aliphatic carbocycles. The molecule has 0 radical (unpaired) electrons. The largest absolute Gasteiger partial charge is 0.496 e. The van der Waals surface area contributed by atoms with Crippen LogP contribution in [0.15, 0.2) is 35.7 Å². The highest BCUT2D eigenvalue weighted by molar-refractivity contribution is 7.09. The van der Waals surface area contributed by atoms with E-state index in [1.807, 2.05) is 18.2 Å². The summed E-state index contributed by atoms with van der Waals surface area (Å²) >= 11 is 7.77. The summed E-state index contributed by atoms with van der Waals surface area (Å²) in [6.45, 7) is 0. The van der Waals surface area contributed by atoms with Crippen LogP contribution in [-0.2, 0) is 6.42 Å². The smallest absolute Gasteiger partial charge is 0.123 e. The van der Waals surface area contributed by atoms with E-state index in [4.69, 9.17) is 22.1 Å². The lowest BCUT2D eigenvalue weighted by Crippen LogP contribution is -2.12. The van der Waals surface area contributed by atoms with Gasteiger partial charge in [-0.2, -0.15) is 0 Å². The van der Waals surface area contributed by atoms with Crippen molar-refractivity contribution in [2.75, 3.05) is 7.11 Å². The van der Waals surface area contributed by atoms with E-state index in [9.17, 15) is 0 Å². The molecule has 2 rings (SSSR count). The third-order valence-electron chi connectivity index (χ3n) is 2.87. The van der Waals surface area contributed by atoms with Crippen LogP contribution in [0.3, 0.4) is 0 Å². The molecule has 0 aliphatic rings. The third kappa shape index (κ3) is 3.25. The van der Waals surface area contributed by atoms with Crippen molar-refractivity contribution in [3.8, 4) is 5.75 Å². The predicted molar refractivity (Wildman–Crippen MR) is 77.6 cm³/mol. The maximum Gasteiger partial charge on any atom is 0.123 e. The summed E-state index contributed by atoms with van der Waals surface area (Å²) in [7, 11) is 1.65. The lowest BCUT2D eigenvalue weighted by Gasteiger charge is -2.15. The van der Waals surface area contributed by atoms with E-state index in [1.54, 1.807) is 18.4 Å². The Morgan fingerprint density at radius 1 is 1.39 bits per heavy atom. The van der Waals surface area contributed by atoms with E-state index >= 15 is 0 Å². The quantitative estimate of drug-likeness (QED) is 0.898. The maximum absolute atomic E-state index is 6.22. The highest BCUT2D eigenvalue weighted by atomic mass is 35.5. The zero-order chi connectivity index (χ0) is 13.0. The normalized spacial score (nSPS) is 12.4. The lowest BCUT2D eigenvalue weighted by molar-refractivity contribution is 0.404. The fraction of sp³-hybridized carbons (Fsp3) is 0.286. The molecule has 2 N–H and O–H groups in total. The fourth-order valence-electron chi connectivity index (χ4n) is 1.90. The zero-order valence-corrected chi connectivity index (χ0v) is 11.8. The molecule has 0 saturated carbocycles. The van der Waals surface area contributed by atoms with Gasteiger partial charge in [-0.3, -0.25) is 0 Å². The van der Waals surface area contributed by atoms with Crippen molar-refractivity contribution in [2.45, 2.75) is 18.9 Å². The van der Waals surface area contributed by atoms with Gasteiger partial charge in [0.05, 0.1) is 7.11 Å². The Morgan fingerprint density at radius 2 is 2.22 bits per heavy atom. The topological polar surface area (TPSA) is 35.2 Å². The van der Waals surface area contributed by atoms with Crippen LogP contribution in [0.4, 0.5) is 0 Å². The zero-order valence-electron chi connectivity index (χ0n) is 10.2. The minimum atomic E-state index is -0.0549. The first-order valence-electron chi connectivity index (χ1n) is 5.82. The summed E-state index contributed by atoms with van der Waals surface area (Å²) in [6, 6.07) is 9.71. The Kier molecular flexibility index (Phi) is 4.64. The standard InChI is InChI=1S/C14H16ClNOS/c1-17-14-7-4-10(15)9-12(14)13(16)6-5-11-3-2-8-18-11/h2-4,7-9,13H,5-6,16H2,1H3. The first-order chi connectivity index (χ1) is 8.70. The van der Waals surface area contributed by atoms with E-state index in [0.717, 1.165) is 24.2 Å². The molecule has 1 atom stereocenters. The molecule has 1 heterocycles. The fourth-order valence-corrected chi connectivity index (χ4v) is 2.81. The van der Waals surface area contributed by atoms with E-state index in [2.05, 4.69) is 17.5 Å². The number of hydrogen-bond acceptors (Lipinski definition) is 3. The van der Waals surface area contributed by atoms with Gasteiger partial charge in [0.15, 0.2) is 0 Å². The van der Waals surface area contributed by atoms with Crippen LogP contribution >= 0.6 is 22.9 Å². The molecule has 96 valence electrons. The molecule has 0 fully saturated rings. The van der Waals surface area contributed by atoms with E-state index in [0.29, 0.717) is 5.02 Å². The van der Waals surface area contributed by atoms with E-state index in [-0.39, 0.29) is 6.04 Å². The van der Waals surface area contributed by atoms with E-state index < -0.39 is 0 Å². The highest BCUT2D eigenvalue weighted by Crippen LogP contribution is 2.29. The van der Waals surface area contributed by atoms with Gasteiger partial charge >= 0.3 is 0 Å². The predicted octanol–water partition coefficient (Wildman–Crippen LogP) is 4.04. The SMILES string of the molecule is COc1ccc(Cl)cc1C(N)CCc1cccs1. The molecule has 0 bridgehead atoms. The summed E-state index contributed by atoms with van der Waals surface area (Å²) in [4.78, 5) is 1.35. The molecule has 1 aromatic carbocycles. The number of benzene rings is 1. The van der Waals surface area contributed by atoms with Crippen molar-refractivity contribution < 1.29 is 4.74 Å². The molecule has 18 heavy (non-hydrogen) atoms.